The maximum Gasteiger partial charge on any atom is 0.414 e. The van der Waals surface area contributed by atoms with E-state index in [1.54, 1.807) is 28.4 Å². The van der Waals surface area contributed by atoms with Gasteiger partial charge in [0.2, 0.25) is 5.91 Å². The van der Waals surface area contributed by atoms with Gasteiger partial charge in [-0.3, -0.25) is 4.79 Å². The van der Waals surface area contributed by atoms with Crippen molar-refractivity contribution in [1.82, 2.24) is 10.2 Å². The van der Waals surface area contributed by atoms with Gasteiger partial charge in [0.1, 0.15) is 0 Å². The van der Waals surface area contributed by atoms with Crippen molar-refractivity contribution in [3.8, 4) is 29.1 Å². The summed E-state index contributed by atoms with van der Waals surface area (Å²) in [4.78, 5) is 33.3. The van der Waals surface area contributed by atoms with E-state index in [1.165, 1.54) is 5.56 Å². The van der Waals surface area contributed by atoms with E-state index in [0.29, 0.717) is 30.4 Å². The Morgan fingerprint density at radius 1 is 0.911 bits per heavy atom. The van der Waals surface area contributed by atoms with Crippen molar-refractivity contribution in [3.05, 3.63) is 47.5 Å². The number of carbonyl (C=O) groups is 3. The zero-order valence-corrected chi connectivity index (χ0v) is 26.9. The van der Waals surface area contributed by atoms with Crippen LogP contribution in [0.5, 0.6) is 23.0 Å². The number of nitrogens with zero attached hydrogens (tertiary/aromatic N) is 2. The van der Waals surface area contributed by atoms with Crippen molar-refractivity contribution in [2.45, 2.75) is 57.4 Å². The summed E-state index contributed by atoms with van der Waals surface area (Å²) in [6.07, 6.45) is 3.51. The Bertz CT molecular complexity index is 1320. The molecule has 3 rings (SSSR count). The molecule has 1 fully saturated rings. The molecule has 2 aromatic carbocycles. The lowest BCUT2D eigenvalue weighted by molar-refractivity contribution is -0.159. The smallest absolute Gasteiger partial charge is 0.414 e. The molecule has 0 radical (unpaired) electrons. The number of carbonyl (C=O) groups excluding carboxylic acids is 1. The van der Waals surface area contributed by atoms with Crippen molar-refractivity contribution in [2.75, 3.05) is 48.1 Å². The van der Waals surface area contributed by atoms with Crippen LogP contribution in [0.1, 0.15) is 50.7 Å². The standard InChI is InChI=1S/C31H43N3O5.C2H2O4/c1-22(2)31(21-32,24-8-10-27(37-4)29(20-24)39-6)15-11-30(35)34-17-13-25(14-18-34)33-16-12-23-7-9-26(36-3)28(19-23)38-5;3-1(4)2(5)6/h7-10,19-20,22,25,33H,11-18H2,1-6H3;(H,3,4)(H,5,6). The fraction of sp³-hybridized carbons (Fsp3) is 0.515. The number of likely N-dealkylation sites (tertiary alicyclic amines) is 1. The molecule has 1 atom stereocenters. The van der Waals surface area contributed by atoms with Gasteiger partial charge in [0.25, 0.3) is 0 Å². The zero-order chi connectivity index (χ0) is 33.6. The summed E-state index contributed by atoms with van der Waals surface area (Å²) in [6, 6.07) is 14.5. The quantitative estimate of drug-likeness (QED) is 0.276. The van der Waals surface area contributed by atoms with Crippen molar-refractivity contribution < 1.29 is 43.5 Å². The summed E-state index contributed by atoms with van der Waals surface area (Å²) < 4.78 is 21.6. The first-order valence-corrected chi connectivity index (χ1v) is 14.8. The molecule has 0 bridgehead atoms. The first kappa shape index (κ1) is 36.7. The highest BCUT2D eigenvalue weighted by Crippen LogP contribution is 2.40. The molecule has 12 nitrogen and oxygen atoms in total. The molecule has 12 heteroatoms. The van der Waals surface area contributed by atoms with Crippen molar-refractivity contribution in [2.24, 2.45) is 5.92 Å². The molecule has 1 amide bonds. The van der Waals surface area contributed by atoms with E-state index < -0.39 is 17.4 Å². The minimum absolute atomic E-state index is 0.0222. The molecule has 2 aromatic rings. The molecular weight excluding hydrogens is 582 g/mol. The summed E-state index contributed by atoms with van der Waals surface area (Å²) in [6.45, 7) is 6.38. The van der Waals surface area contributed by atoms with Crippen LogP contribution in [0.25, 0.3) is 0 Å². The third-order valence-corrected chi connectivity index (χ3v) is 8.14. The van der Waals surface area contributed by atoms with Gasteiger partial charge in [-0.15, -0.1) is 0 Å². The molecule has 3 N–H and O–H groups in total. The van der Waals surface area contributed by atoms with Crippen LogP contribution in [0.4, 0.5) is 0 Å². The number of amides is 1. The number of aliphatic carboxylic acids is 2. The van der Waals surface area contributed by atoms with Crippen LogP contribution in [-0.2, 0) is 26.2 Å². The van der Waals surface area contributed by atoms with Gasteiger partial charge in [-0.05, 0) is 73.5 Å². The number of carboxylic acid groups (broad SMARTS) is 2. The zero-order valence-electron chi connectivity index (χ0n) is 26.9. The maximum absolute atomic E-state index is 13.2. The van der Waals surface area contributed by atoms with Crippen LogP contribution < -0.4 is 24.3 Å². The summed E-state index contributed by atoms with van der Waals surface area (Å²) in [5, 5.41) is 28.7. The lowest BCUT2D eigenvalue weighted by Crippen LogP contribution is -2.45. The summed E-state index contributed by atoms with van der Waals surface area (Å²) in [5.74, 6) is -0.838. The maximum atomic E-state index is 13.2. The number of ether oxygens (including phenoxy) is 4. The number of benzene rings is 2. The summed E-state index contributed by atoms with van der Waals surface area (Å²) in [7, 11) is 6.46. The molecular formula is C33H45N3O9. The third kappa shape index (κ3) is 10.0. The average Bonchev–Trinajstić information content (AvgIpc) is 3.05. The first-order chi connectivity index (χ1) is 21.5. The average molecular weight is 628 g/mol. The van der Waals surface area contributed by atoms with Crippen LogP contribution in [0, 0.1) is 17.2 Å². The van der Waals surface area contributed by atoms with E-state index in [4.69, 9.17) is 38.7 Å². The number of nitrogens with one attached hydrogen (secondary N) is 1. The summed E-state index contributed by atoms with van der Waals surface area (Å²) in [5.41, 5.74) is 1.25. The predicted molar refractivity (Wildman–Crippen MR) is 167 cm³/mol. The topological polar surface area (TPSA) is 168 Å². The van der Waals surface area contributed by atoms with Crippen LogP contribution in [0.2, 0.25) is 0 Å². The number of methoxy groups -OCH3 is 4. The molecule has 0 spiro atoms. The second-order valence-corrected chi connectivity index (χ2v) is 11.0. The molecule has 1 unspecified atom stereocenters. The van der Waals surface area contributed by atoms with Gasteiger partial charge in [0.15, 0.2) is 23.0 Å². The minimum Gasteiger partial charge on any atom is -0.493 e. The Morgan fingerprint density at radius 2 is 1.44 bits per heavy atom. The van der Waals surface area contributed by atoms with Crippen LogP contribution in [-0.4, -0.2) is 87.1 Å². The Labute approximate surface area is 264 Å². The fourth-order valence-electron chi connectivity index (χ4n) is 5.38. The highest BCUT2D eigenvalue weighted by Gasteiger charge is 2.38. The van der Waals surface area contributed by atoms with Gasteiger partial charge >= 0.3 is 11.9 Å². The Kier molecular flexibility index (Phi) is 14.4. The third-order valence-electron chi connectivity index (χ3n) is 8.14. The van der Waals surface area contributed by atoms with E-state index >= 15 is 0 Å². The second kappa shape index (κ2) is 17.7. The SMILES string of the molecule is COc1ccc(CCNC2CCN(C(=O)CCC(C#N)(c3ccc(OC)c(OC)c3)C(C)C)CC2)cc1OC.O=C(O)C(=O)O. The number of rotatable bonds is 13. The molecule has 0 aliphatic carbocycles. The van der Waals surface area contributed by atoms with Crippen molar-refractivity contribution in [1.29, 1.82) is 5.26 Å². The normalized spacial score (nSPS) is 14.3. The molecule has 0 saturated carbocycles. The number of hydrogen-bond donors (Lipinski definition) is 3. The van der Waals surface area contributed by atoms with Gasteiger partial charge in [-0.25, -0.2) is 9.59 Å². The highest BCUT2D eigenvalue weighted by atomic mass is 16.5. The second-order valence-electron chi connectivity index (χ2n) is 11.0. The van der Waals surface area contributed by atoms with Gasteiger partial charge in [0.05, 0.1) is 39.9 Å². The Balaban J connectivity index is 0.00000107. The molecule has 0 aromatic heterocycles. The van der Waals surface area contributed by atoms with Gasteiger partial charge < -0.3 is 39.4 Å². The van der Waals surface area contributed by atoms with Crippen LogP contribution in [0.3, 0.4) is 0 Å². The minimum atomic E-state index is -1.82. The van der Waals surface area contributed by atoms with Gasteiger partial charge in [-0.1, -0.05) is 26.0 Å². The monoisotopic (exact) mass is 627 g/mol. The number of carboxylic acids is 2. The van der Waals surface area contributed by atoms with Crippen molar-refractivity contribution >= 4 is 17.8 Å². The van der Waals surface area contributed by atoms with E-state index in [0.717, 1.165) is 56.0 Å². The molecule has 1 aliphatic heterocycles. The summed E-state index contributed by atoms with van der Waals surface area (Å²) >= 11 is 0. The number of nitriles is 1. The van der Waals surface area contributed by atoms with Crippen LogP contribution in [0.15, 0.2) is 36.4 Å². The first-order valence-electron chi connectivity index (χ1n) is 14.8. The van der Waals surface area contributed by atoms with E-state index in [-0.39, 0.29) is 11.8 Å². The molecule has 1 aliphatic rings. The van der Waals surface area contributed by atoms with Gasteiger partial charge in [-0.2, -0.15) is 5.26 Å². The van der Waals surface area contributed by atoms with E-state index in [9.17, 15) is 10.1 Å². The number of hydrogen-bond acceptors (Lipinski definition) is 9. The van der Waals surface area contributed by atoms with Gasteiger partial charge in [0, 0.05) is 25.6 Å². The largest absolute Gasteiger partial charge is 0.493 e. The lowest BCUT2D eigenvalue weighted by atomic mass is 9.69. The molecule has 45 heavy (non-hydrogen) atoms. The molecule has 1 saturated heterocycles. The highest BCUT2D eigenvalue weighted by molar-refractivity contribution is 6.27. The number of piperidine rings is 1. The fourth-order valence-corrected chi connectivity index (χ4v) is 5.38. The van der Waals surface area contributed by atoms with E-state index in [2.05, 4.69) is 17.5 Å². The lowest BCUT2D eigenvalue weighted by Gasteiger charge is -2.35. The Hall–Kier alpha value is -4.50. The Morgan fingerprint density at radius 3 is 1.93 bits per heavy atom. The molecule has 1 heterocycles. The predicted octanol–water partition coefficient (Wildman–Crippen LogP) is 3.90. The van der Waals surface area contributed by atoms with Crippen LogP contribution >= 0.6 is 0 Å². The van der Waals surface area contributed by atoms with Crippen molar-refractivity contribution in [3.63, 3.8) is 0 Å². The molecule has 246 valence electrons. The van der Waals surface area contributed by atoms with E-state index in [1.807, 2.05) is 49.1 Å².